The first kappa shape index (κ1) is 18.6. The van der Waals surface area contributed by atoms with Crippen LogP contribution in [-0.4, -0.2) is 41.2 Å². The average molecular weight is 387 g/mol. The molecule has 28 heavy (non-hydrogen) atoms. The van der Waals surface area contributed by atoms with Gasteiger partial charge in [-0.2, -0.15) is 13.2 Å². The van der Waals surface area contributed by atoms with Crippen LogP contribution in [-0.2, 0) is 12.7 Å². The molecule has 0 aliphatic carbocycles. The molecule has 7 heteroatoms. The van der Waals surface area contributed by atoms with Crippen LogP contribution in [0.2, 0.25) is 0 Å². The molecule has 0 atom stereocenters. The highest BCUT2D eigenvalue weighted by Gasteiger charge is 2.31. The van der Waals surface area contributed by atoms with Crippen LogP contribution in [0.15, 0.2) is 54.7 Å². The van der Waals surface area contributed by atoms with Gasteiger partial charge in [0.1, 0.15) is 11.3 Å². The fourth-order valence-electron chi connectivity index (χ4n) is 3.64. The molecule has 2 heterocycles. The highest BCUT2D eigenvalue weighted by atomic mass is 19.4. The molecule has 1 aromatic heterocycles. The van der Waals surface area contributed by atoms with E-state index in [9.17, 15) is 18.3 Å². The molecule has 1 aliphatic rings. The molecule has 0 amide bonds. The summed E-state index contributed by atoms with van der Waals surface area (Å²) in [7, 11) is 0. The van der Waals surface area contributed by atoms with Crippen LogP contribution in [0.3, 0.4) is 0 Å². The molecule has 1 aliphatic heterocycles. The number of aromatic nitrogens is 1. The van der Waals surface area contributed by atoms with Crippen molar-refractivity contribution >= 4 is 16.6 Å². The van der Waals surface area contributed by atoms with E-state index in [-0.39, 0.29) is 5.75 Å². The normalized spacial score (nSPS) is 15.9. The number of aromatic hydroxyl groups is 1. The number of phenolic OH excluding ortho intramolecular Hbond substituents is 1. The number of rotatable bonds is 3. The molecule has 1 fully saturated rings. The lowest BCUT2D eigenvalue weighted by Crippen LogP contribution is -2.46. The van der Waals surface area contributed by atoms with Crippen molar-refractivity contribution in [2.75, 3.05) is 31.1 Å². The third kappa shape index (κ3) is 3.75. The van der Waals surface area contributed by atoms with E-state index in [0.717, 1.165) is 30.1 Å². The molecule has 4 rings (SSSR count). The second-order valence-electron chi connectivity index (χ2n) is 6.95. The molecule has 0 unspecified atom stereocenters. The van der Waals surface area contributed by atoms with Crippen LogP contribution in [0, 0.1) is 0 Å². The molecule has 146 valence electrons. The number of halogens is 3. The summed E-state index contributed by atoms with van der Waals surface area (Å²) in [5.74, 6) is 0.161. The summed E-state index contributed by atoms with van der Waals surface area (Å²) in [6.45, 7) is 3.53. The highest BCUT2D eigenvalue weighted by molar-refractivity contribution is 5.87. The Balaban J connectivity index is 1.45. The first-order chi connectivity index (χ1) is 13.4. The number of nitrogens with zero attached hydrogens (tertiary/aromatic N) is 3. The maximum absolute atomic E-state index is 12.9. The van der Waals surface area contributed by atoms with Gasteiger partial charge in [-0.1, -0.05) is 18.2 Å². The summed E-state index contributed by atoms with van der Waals surface area (Å²) in [5, 5.41) is 10.9. The van der Waals surface area contributed by atoms with Gasteiger partial charge in [-0.05, 0) is 35.9 Å². The van der Waals surface area contributed by atoms with Crippen LogP contribution in [0.1, 0.15) is 11.1 Å². The number of piperazine rings is 1. The van der Waals surface area contributed by atoms with Crippen molar-refractivity contribution < 1.29 is 18.3 Å². The van der Waals surface area contributed by atoms with Crippen LogP contribution in [0.25, 0.3) is 10.9 Å². The zero-order chi connectivity index (χ0) is 19.7. The molecule has 2 aromatic carbocycles. The summed E-state index contributed by atoms with van der Waals surface area (Å²) in [6, 6.07) is 12.8. The van der Waals surface area contributed by atoms with Crippen molar-refractivity contribution in [3.05, 3.63) is 65.9 Å². The van der Waals surface area contributed by atoms with Gasteiger partial charge in [0.15, 0.2) is 0 Å². The van der Waals surface area contributed by atoms with E-state index in [1.807, 2.05) is 23.1 Å². The van der Waals surface area contributed by atoms with E-state index in [2.05, 4.69) is 9.88 Å². The average Bonchev–Trinajstić information content (AvgIpc) is 2.70. The smallest absolute Gasteiger partial charge is 0.416 e. The summed E-state index contributed by atoms with van der Waals surface area (Å²) in [6.07, 6.45) is -2.68. The SMILES string of the molecule is Oc1ccc(CN2CCN(c3cccc(C(F)(F)F)c3)CC2)c2cccnc12. The van der Waals surface area contributed by atoms with Gasteiger partial charge in [0, 0.05) is 50.0 Å². The van der Waals surface area contributed by atoms with Gasteiger partial charge in [0.05, 0.1) is 5.56 Å². The first-order valence-electron chi connectivity index (χ1n) is 9.12. The molecule has 1 N–H and O–H groups in total. The molecule has 3 aromatic rings. The number of pyridine rings is 1. The molecule has 0 spiro atoms. The zero-order valence-corrected chi connectivity index (χ0v) is 15.2. The summed E-state index contributed by atoms with van der Waals surface area (Å²) >= 11 is 0. The van der Waals surface area contributed by atoms with E-state index >= 15 is 0 Å². The Morgan fingerprint density at radius 2 is 1.75 bits per heavy atom. The van der Waals surface area contributed by atoms with Gasteiger partial charge in [-0.15, -0.1) is 0 Å². The third-order valence-corrected chi connectivity index (χ3v) is 5.14. The lowest BCUT2D eigenvalue weighted by molar-refractivity contribution is -0.137. The second kappa shape index (κ2) is 7.31. The van der Waals surface area contributed by atoms with Crippen molar-refractivity contribution in [1.29, 1.82) is 0 Å². The van der Waals surface area contributed by atoms with Crippen LogP contribution in [0.4, 0.5) is 18.9 Å². The Labute approximate surface area is 160 Å². The quantitative estimate of drug-likeness (QED) is 0.728. The molecule has 0 saturated carbocycles. The van der Waals surface area contributed by atoms with Crippen molar-refractivity contribution in [3.63, 3.8) is 0 Å². The number of hydrogen-bond acceptors (Lipinski definition) is 4. The van der Waals surface area contributed by atoms with Crippen molar-refractivity contribution in [1.82, 2.24) is 9.88 Å². The maximum atomic E-state index is 12.9. The number of hydrogen-bond donors (Lipinski definition) is 1. The minimum atomic E-state index is -4.33. The summed E-state index contributed by atoms with van der Waals surface area (Å²) in [4.78, 5) is 8.50. The molecule has 1 saturated heterocycles. The number of alkyl halides is 3. The van der Waals surface area contributed by atoms with E-state index in [4.69, 9.17) is 0 Å². The predicted molar refractivity (Wildman–Crippen MR) is 102 cm³/mol. The van der Waals surface area contributed by atoms with E-state index in [1.165, 1.54) is 12.1 Å². The minimum Gasteiger partial charge on any atom is -0.506 e. The number of benzene rings is 2. The van der Waals surface area contributed by atoms with Crippen LogP contribution >= 0.6 is 0 Å². The minimum absolute atomic E-state index is 0.161. The van der Waals surface area contributed by atoms with Crippen molar-refractivity contribution in [2.45, 2.75) is 12.7 Å². The largest absolute Gasteiger partial charge is 0.506 e. The molecule has 0 bridgehead atoms. The van der Waals surface area contributed by atoms with Gasteiger partial charge >= 0.3 is 6.18 Å². The Morgan fingerprint density at radius 1 is 0.964 bits per heavy atom. The maximum Gasteiger partial charge on any atom is 0.416 e. The Bertz CT molecular complexity index is 982. The highest BCUT2D eigenvalue weighted by Crippen LogP contribution is 2.32. The zero-order valence-electron chi connectivity index (χ0n) is 15.2. The van der Waals surface area contributed by atoms with E-state index < -0.39 is 11.7 Å². The van der Waals surface area contributed by atoms with E-state index in [0.29, 0.717) is 30.8 Å². The van der Waals surface area contributed by atoms with Gasteiger partial charge < -0.3 is 10.0 Å². The van der Waals surface area contributed by atoms with Crippen molar-refractivity contribution in [2.24, 2.45) is 0 Å². The lowest BCUT2D eigenvalue weighted by Gasteiger charge is -2.36. The van der Waals surface area contributed by atoms with Gasteiger partial charge in [-0.3, -0.25) is 9.88 Å². The molecular weight excluding hydrogens is 367 g/mol. The van der Waals surface area contributed by atoms with Gasteiger partial charge in [0.25, 0.3) is 0 Å². The Hall–Kier alpha value is -2.80. The van der Waals surface area contributed by atoms with Gasteiger partial charge in [0.2, 0.25) is 0 Å². The van der Waals surface area contributed by atoms with E-state index in [1.54, 1.807) is 18.3 Å². The summed E-state index contributed by atoms with van der Waals surface area (Å²) < 4.78 is 38.8. The van der Waals surface area contributed by atoms with Crippen LogP contribution in [0.5, 0.6) is 5.75 Å². The summed E-state index contributed by atoms with van der Waals surface area (Å²) in [5.41, 5.74) is 1.65. The first-order valence-corrected chi connectivity index (χ1v) is 9.12. The lowest BCUT2D eigenvalue weighted by atomic mass is 10.1. The number of phenols is 1. The van der Waals surface area contributed by atoms with Crippen LogP contribution < -0.4 is 4.90 Å². The molecule has 0 radical (unpaired) electrons. The molecular formula is C21H20F3N3O. The number of fused-ring (bicyclic) bond motifs is 1. The fraction of sp³-hybridized carbons (Fsp3) is 0.286. The standard InChI is InChI=1S/C21H20F3N3O/c22-21(23,24)16-3-1-4-17(13-16)27-11-9-26(10-12-27)14-15-6-7-19(28)20-18(15)5-2-8-25-20/h1-8,13,28H,9-12,14H2. The Kier molecular flexibility index (Phi) is 4.85. The number of anilines is 1. The third-order valence-electron chi connectivity index (χ3n) is 5.14. The molecule has 4 nitrogen and oxygen atoms in total. The van der Waals surface area contributed by atoms with Crippen molar-refractivity contribution in [3.8, 4) is 5.75 Å². The Morgan fingerprint density at radius 3 is 2.50 bits per heavy atom. The van der Waals surface area contributed by atoms with Gasteiger partial charge in [-0.25, -0.2) is 0 Å². The predicted octanol–water partition coefficient (Wildman–Crippen LogP) is 4.28. The fourth-order valence-corrected chi connectivity index (χ4v) is 3.64. The topological polar surface area (TPSA) is 39.6 Å². The monoisotopic (exact) mass is 387 g/mol. The second-order valence-corrected chi connectivity index (χ2v) is 6.95.